The first kappa shape index (κ1) is 21.0. The predicted octanol–water partition coefficient (Wildman–Crippen LogP) is 3.24. The van der Waals surface area contributed by atoms with Gasteiger partial charge in [-0.3, -0.25) is 4.79 Å². The summed E-state index contributed by atoms with van der Waals surface area (Å²) in [4.78, 5) is 19.3. The second kappa shape index (κ2) is 9.44. The predicted molar refractivity (Wildman–Crippen MR) is 104 cm³/mol. The molecule has 2 aliphatic heterocycles. The van der Waals surface area contributed by atoms with Crippen LogP contribution in [0.2, 0.25) is 0 Å². The van der Waals surface area contributed by atoms with Crippen molar-refractivity contribution in [1.29, 1.82) is 0 Å². The molecule has 2 N–H and O–H groups in total. The van der Waals surface area contributed by atoms with Gasteiger partial charge in [-0.05, 0) is 57.7 Å². The molecule has 1 aromatic heterocycles. The summed E-state index contributed by atoms with van der Waals surface area (Å²) >= 11 is 0. The van der Waals surface area contributed by atoms with Crippen molar-refractivity contribution in [3.05, 3.63) is 18.3 Å². The van der Waals surface area contributed by atoms with Crippen LogP contribution in [-0.4, -0.2) is 37.1 Å². The summed E-state index contributed by atoms with van der Waals surface area (Å²) in [5, 5.41) is 6.33. The van der Waals surface area contributed by atoms with E-state index < -0.39 is 0 Å². The van der Waals surface area contributed by atoms with Crippen molar-refractivity contribution in [3.63, 3.8) is 0 Å². The van der Waals surface area contributed by atoms with E-state index in [0.29, 0.717) is 0 Å². The van der Waals surface area contributed by atoms with E-state index in [2.05, 4.69) is 20.5 Å². The summed E-state index contributed by atoms with van der Waals surface area (Å²) in [6.45, 7) is 5.96. The molecule has 24 heavy (non-hydrogen) atoms. The number of nitrogens with one attached hydrogen (secondary N) is 2. The third-order valence-electron chi connectivity index (χ3n) is 4.83. The Hall–Kier alpha value is -1.04. The first-order valence-electron chi connectivity index (χ1n) is 8.41. The Morgan fingerprint density at radius 3 is 2.54 bits per heavy atom. The number of amides is 1. The number of aromatic nitrogens is 1. The van der Waals surface area contributed by atoms with Gasteiger partial charge < -0.3 is 15.5 Å². The Balaban J connectivity index is 0.00000144. The van der Waals surface area contributed by atoms with Crippen LogP contribution in [-0.2, 0) is 4.79 Å². The Kier molecular flexibility index (Phi) is 8.27. The first-order chi connectivity index (χ1) is 10.7. The molecule has 136 valence electrons. The number of nitrogens with zero attached hydrogens (tertiary/aromatic N) is 2. The van der Waals surface area contributed by atoms with E-state index in [4.69, 9.17) is 0 Å². The highest BCUT2D eigenvalue weighted by molar-refractivity contribution is 5.95. The summed E-state index contributed by atoms with van der Waals surface area (Å²) in [5.41, 5.74) is 0.474. The van der Waals surface area contributed by atoms with Crippen molar-refractivity contribution < 1.29 is 4.79 Å². The van der Waals surface area contributed by atoms with Crippen molar-refractivity contribution in [2.45, 2.75) is 39.0 Å². The monoisotopic (exact) mass is 374 g/mol. The number of rotatable bonds is 3. The third-order valence-corrected chi connectivity index (χ3v) is 4.83. The lowest BCUT2D eigenvalue weighted by molar-refractivity contribution is -0.125. The fourth-order valence-electron chi connectivity index (χ4n) is 3.30. The van der Waals surface area contributed by atoms with Gasteiger partial charge in [0.2, 0.25) is 5.91 Å². The summed E-state index contributed by atoms with van der Waals surface area (Å²) in [7, 11) is 0. The molecule has 3 rings (SSSR count). The topological polar surface area (TPSA) is 57.3 Å². The van der Waals surface area contributed by atoms with Crippen LogP contribution in [0.25, 0.3) is 0 Å². The fourth-order valence-corrected chi connectivity index (χ4v) is 3.30. The van der Waals surface area contributed by atoms with Crippen molar-refractivity contribution >= 4 is 42.2 Å². The summed E-state index contributed by atoms with van der Waals surface area (Å²) in [5.74, 6) is 1.11. The van der Waals surface area contributed by atoms with Crippen LogP contribution < -0.4 is 15.5 Å². The molecule has 0 spiro atoms. The number of anilines is 2. The van der Waals surface area contributed by atoms with Gasteiger partial charge in [0.05, 0.1) is 17.3 Å². The van der Waals surface area contributed by atoms with Crippen molar-refractivity contribution in [2.75, 3.05) is 36.4 Å². The van der Waals surface area contributed by atoms with Gasteiger partial charge in [0, 0.05) is 19.6 Å². The molecule has 1 aromatic rings. The van der Waals surface area contributed by atoms with Gasteiger partial charge in [0.25, 0.3) is 0 Å². The maximum Gasteiger partial charge on any atom is 0.231 e. The number of pyridine rings is 1. The number of hydrogen-bond donors (Lipinski definition) is 2. The second-order valence-corrected chi connectivity index (χ2v) is 6.75. The fraction of sp³-hybridized carbons (Fsp3) is 0.647. The zero-order valence-corrected chi connectivity index (χ0v) is 15.8. The molecule has 1 unspecified atom stereocenters. The molecule has 0 bridgehead atoms. The van der Waals surface area contributed by atoms with E-state index in [9.17, 15) is 4.79 Å². The van der Waals surface area contributed by atoms with Crippen LogP contribution in [0.15, 0.2) is 18.3 Å². The van der Waals surface area contributed by atoms with Gasteiger partial charge in [-0.15, -0.1) is 24.8 Å². The van der Waals surface area contributed by atoms with Crippen LogP contribution in [0.3, 0.4) is 0 Å². The molecule has 1 atom stereocenters. The molecule has 0 saturated carbocycles. The van der Waals surface area contributed by atoms with Gasteiger partial charge >= 0.3 is 0 Å². The molecule has 2 fully saturated rings. The smallest absolute Gasteiger partial charge is 0.231 e. The lowest BCUT2D eigenvalue weighted by Gasteiger charge is -2.32. The molecule has 7 heteroatoms. The van der Waals surface area contributed by atoms with Gasteiger partial charge in [-0.25, -0.2) is 4.98 Å². The molecule has 5 nitrogen and oxygen atoms in total. The van der Waals surface area contributed by atoms with Crippen molar-refractivity contribution in [2.24, 2.45) is 5.41 Å². The van der Waals surface area contributed by atoms with Crippen LogP contribution in [0.4, 0.5) is 11.5 Å². The minimum atomic E-state index is -0.316. The van der Waals surface area contributed by atoms with E-state index in [1.165, 1.54) is 19.3 Å². The van der Waals surface area contributed by atoms with Crippen molar-refractivity contribution in [3.8, 4) is 0 Å². The molecule has 2 saturated heterocycles. The normalized spacial score (nSPS) is 23.6. The second-order valence-electron chi connectivity index (χ2n) is 6.75. The van der Waals surface area contributed by atoms with Crippen LogP contribution >= 0.6 is 24.8 Å². The maximum atomic E-state index is 12.5. The summed E-state index contributed by atoms with van der Waals surface area (Å²) < 4.78 is 0. The van der Waals surface area contributed by atoms with E-state index in [0.717, 1.165) is 50.5 Å². The molecular formula is C17H28Cl2N4O. The molecule has 0 radical (unpaired) electrons. The average Bonchev–Trinajstić information content (AvgIpc) is 2.57. The van der Waals surface area contributed by atoms with Crippen LogP contribution in [0, 0.1) is 5.41 Å². The largest absolute Gasteiger partial charge is 0.357 e. The van der Waals surface area contributed by atoms with E-state index in [1.54, 1.807) is 6.20 Å². The Bertz CT molecular complexity index is 512. The number of carbonyl (C=O) groups is 1. The lowest BCUT2D eigenvalue weighted by Crippen LogP contribution is -2.46. The molecule has 3 heterocycles. The Labute approximate surface area is 156 Å². The SMILES string of the molecule is CC1(C(=O)Nc2ccc(N3CCCCC3)nc2)CCCNC1.Cl.Cl. The molecule has 2 aliphatic rings. The lowest BCUT2D eigenvalue weighted by atomic mass is 9.82. The van der Waals surface area contributed by atoms with Crippen LogP contribution in [0.5, 0.6) is 0 Å². The quantitative estimate of drug-likeness (QED) is 0.852. The Morgan fingerprint density at radius 2 is 1.96 bits per heavy atom. The number of halogens is 2. The van der Waals surface area contributed by atoms with Gasteiger partial charge in [0.1, 0.15) is 5.82 Å². The molecule has 0 aromatic carbocycles. The van der Waals surface area contributed by atoms with Crippen molar-refractivity contribution in [1.82, 2.24) is 10.3 Å². The maximum absolute atomic E-state index is 12.5. The molecular weight excluding hydrogens is 347 g/mol. The van der Waals surface area contributed by atoms with Gasteiger partial charge in [0.15, 0.2) is 0 Å². The number of piperidine rings is 2. The Morgan fingerprint density at radius 1 is 1.21 bits per heavy atom. The zero-order valence-electron chi connectivity index (χ0n) is 14.2. The van der Waals surface area contributed by atoms with E-state index >= 15 is 0 Å². The van der Waals surface area contributed by atoms with E-state index in [-0.39, 0.29) is 36.1 Å². The van der Waals surface area contributed by atoms with Gasteiger partial charge in [-0.1, -0.05) is 0 Å². The van der Waals surface area contributed by atoms with Gasteiger partial charge in [-0.2, -0.15) is 0 Å². The number of carbonyl (C=O) groups excluding carboxylic acids is 1. The standard InChI is InChI=1S/C17H26N4O.2ClH/c1-17(8-5-9-18-13-17)16(22)20-14-6-7-15(19-12-14)21-10-3-2-4-11-21;;/h6-7,12,18H,2-5,8-11,13H2,1H3,(H,20,22);2*1H. The highest BCUT2D eigenvalue weighted by Gasteiger charge is 2.34. The minimum Gasteiger partial charge on any atom is -0.357 e. The summed E-state index contributed by atoms with van der Waals surface area (Å²) in [6, 6.07) is 3.98. The average molecular weight is 375 g/mol. The zero-order chi connectivity index (χ0) is 15.4. The minimum absolute atomic E-state index is 0. The van der Waals surface area contributed by atoms with Crippen LogP contribution in [0.1, 0.15) is 39.0 Å². The third kappa shape index (κ3) is 4.98. The van der Waals surface area contributed by atoms with E-state index in [1.807, 2.05) is 19.1 Å². The first-order valence-corrected chi connectivity index (χ1v) is 8.41. The molecule has 0 aliphatic carbocycles. The highest BCUT2D eigenvalue weighted by atomic mass is 35.5. The molecule has 1 amide bonds. The highest BCUT2D eigenvalue weighted by Crippen LogP contribution is 2.27. The number of hydrogen-bond acceptors (Lipinski definition) is 4. The summed E-state index contributed by atoms with van der Waals surface area (Å²) in [6.07, 6.45) is 7.57.